The number of ether oxygens (including phenoxy) is 1. The summed E-state index contributed by atoms with van der Waals surface area (Å²) in [6.45, 7) is 1.60. The summed E-state index contributed by atoms with van der Waals surface area (Å²) in [6.07, 6.45) is 1.68. The van der Waals surface area contributed by atoms with Gasteiger partial charge in [0.25, 0.3) is 11.1 Å². The molecule has 2 aromatic carbocycles. The van der Waals surface area contributed by atoms with Crippen LogP contribution in [-0.4, -0.2) is 35.6 Å². The Morgan fingerprint density at radius 3 is 2.52 bits per heavy atom. The van der Waals surface area contributed by atoms with Crippen LogP contribution in [-0.2, 0) is 9.59 Å². The van der Waals surface area contributed by atoms with Crippen molar-refractivity contribution < 1.29 is 19.1 Å². The minimum absolute atomic E-state index is 0.312. The molecule has 1 heterocycles. The quantitative estimate of drug-likeness (QED) is 0.799. The van der Waals surface area contributed by atoms with Crippen LogP contribution < -0.4 is 10.1 Å². The molecule has 0 unspecified atom stereocenters. The first-order valence-corrected chi connectivity index (χ1v) is 9.04. The summed E-state index contributed by atoms with van der Waals surface area (Å²) >= 11 is 0.841. The summed E-state index contributed by atoms with van der Waals surface area (Å²) in [4.78, 5) is 38.2. The number of carbonyl (C=O) groups excluding carboxylic acids is 3. The van der Waals surface area contributed by atoms with E-state index in [1.807, 2.05) is 31.2 Å². The van der Waals surface area contributed by atoms with Crippen molar-refractivity contribution in [1.82, 2.24) is 4.90 Å². The van der Waals surface area contributed by atoms with Gasteiger partial charge >= 0.3 is 0 Å². The van der Waals surface area contributed by atoms with Crippen molar-refractivity contribution in [3.8, 4) is 5.75 Å². The predicted octanol–water partition coefficient (Wildman–Crippen LogP) is 3.68. The molecule has 0 spiro atoms. The minimum atomic E-state index is -0.460. The molecular formula is C20H18N2O4S. The van der Waals surface area contributed by atoms with Gasteiger partial charge in [-0.1, -0.05) is 24.3 Å². The second-order valence-electron chi connectivity index (χ2n) is 5.90. The molecule has 0 aromatic heterocycles. The van der Waals surface area contributed by atoms with Crippen molar-refractivity contribution in [1.29, 1.82) is 0 Å². The second kappa shape index (κ2) is 8.09. The van der Waals surface area contributed by atoms with Crippen molar-refractivity contribution >= 4 is 40.6 Å². The fraction of sp³-hybridized carbons (Fsp3) is 0.150. The van der Waals surface area contributed by atoms with Gasteiger partial charge < -0.3 is 10.1 Å². The molecule has 1 N–H and O–H groups in total. The number of amides is 3. The van der Waals surface area contributed by atoms with Crippen LogP contribution in [0.3, 0.4) is 0 Å². The molecule has 0 bridgehead atoms. The van der Waals surface area contributed by atoms with Crippen molar-refractivity contribution in [2.75, 3.05) is 19.0 Å². The topological polar surface area (TPSA) is 75.7 Å². The molecule has 27 heavy (non-hydrogen) atoms. The number of thioether (sulfide) groups is 1. The molecule has 6 nitrogen and oxygen atoms in total. The van der Waals surface area contributed by atoms with E-state index >= 15 is 0 Å². The highest BCUT2D eigenvalue weighted by Gasteiger charge is 2.36. The molecule has 1 fully saturated rings. The summed E-state index contributed by atoms with van der Waals surface area (Å²) < 4.78 is 5.06. The Morgan fingerprint density at radius 1 is 1.15 bits per heavy atom. The van der Waals surface area contributed by atoms with Gasteiger partial charge in [-0.3, -0.25) is 19.3 Å². The molecule has 3 amide bonds. The van der Waals surface area contributed by atoms with Crippen LogP contribution in [0.4, 0.5) is 10.5 Å². The molecule has 2 aromatic rings. The maximum atomic E-state index is 12.5. The standard InChI is InChI=1S/C20H18N2O4S/c1-13-5-3-4-6-14(13)11-17-19(24)22(20(25)27-17)12-18(23)21-15-7-9-16(26-2)10-8-15/h3-11H,12H2,1-2H3,(H,21,23). The number of nitrogens with zero attached hydrogens (tertiary/aromatic N) is 1. The molecule has 3 rings (SSSR count). The van der Waals surface area contributed by atoms with Crippen LogP contribution >= 0.6 is 11.8 Å². The van der Waals surface area contributed by atoms with E-state index in [4.69, 9.17) is 4.74 Å². The van der Waals surface area contributed by atoms with E-state index in [0.717, 1.165) is 27.8 Å². The average molecular weight is 382 g/mol. The van der Waals surface area contributed by atoms with Gasteiger partial charge in [0.05, 0.1) is 12.0 Å². The van der Waals surface area contributed by atoms with Crippen molar-refractivity contribution in [2.45, 2.75) is 6.92 Å². The molecule has 0 atom stereocenters. The Bertz CT molecular complexity index is 922. The summed E-state index contributed by atoms with van der Waals surface area (Å²) in [7, 11) is 1.55. The third kappa shape index (κ3) is 4.38. The van der Waals surface area contributed by atoms with Gasteiger partial charge in [-0.05, 0) is 60.2 Å². The van der Waals surface area contributed by atoms with Gasteiger partial charge in [-0.25, -0.2) is 0 Å². The molecule has 0 aliphatic carbocycles. The lowest BCUT2D eigenvalue weighted by Gasteiger charge is -2.12. The third-order valence-electron chi connectivity index (χ3n) is 4.02. The van der Waals surface area contributed by atoms with Crippen molar-refractivity contribution in [3.63, 3.8) is 0 Å². The number of methoxy groups -OCH3 is 1. The molecule has 0 radical (unpaired) electrons. The zero-order valence-electron chi connectivity index (χ0n) is 14.9. The van der Waals surface area contributed by atoms with E-state index in [9.17, 15) is 14.4 Å². The lowest BCUT2D eigenvalue weighted by Crippen LogP contribution is -2.36. The van der Waals surface area contributed by atoms with E-state index < -0.39 is 17.1 Å². The number of hydrogen-bond acceptors (Lipinski definition) is 5. The van der Waals surface area contributed by atoms with Gasteiger partial charge in [-0.2, -0.15) is 0 Å². The SMILES string of the molecule is COc1ccc(NC(=O)CN2C(=O)SC(=Cc3ccccc3C)C2=O)cc1. The number of anilines is 1. The Hall–Kier alpha value is -3.06. The van der Waals surface area contributed by atoms with Gasteiger partial charge in [0.2, 0.25) is 5.91 Å². The Balaban J connectivity index is 1.68. The van der Waals surface area contributed by atoms with E-state index in [0.29, 0.717) is 16.3 Å². The largest absolute Gasteiger partial charge is 0.497 e. The first kappa shape index (κ1) is 18.7. The minimum Gasteiger partial charge on any atom is -0.497 e. The van der Waals surface area contributed by atoms with Crippen LogP contribution in [0, 0.1) is 6.92 Å². The summed E-state index contributed by atoms with van der Waals surface area (Å²) in [5, 5.41) is 2.21. The van der Waals surface area contributed by atoms with E-state index in [1.54, 1.807) is 37.5 Å². The van der Waals surface area contributed by atoms with Crippen LogP contribution in [0.15, 0.2) is 53.4 Å². The summed E-state index contributed by atoms with van der Waals surface area (Å²) in [6, 6.07) is 14.4. The van der Waals surface area contributed by atoms with E-state index in [2.05, 4.69) is 5.32 Å². The molecular weight excluding hydrogens is 364 g/mol. The lowest BCUT2D eigenvalue weighted by molar-refractivity contribution is -0.127. The number of benzene rings is 2. The van der Waals surface area contributed by atoms with Crippen molar-refractivity contribution in [3.05, 3.63) is 64.6 Å². The first-order chi connectivity index (χ1) is 13.0. The fourth-order valence-electron chi connectivity index (χ4n) is 2.54. The first-order valence-electron chi connectivity index (χ1n) is 8.23. The van der Waals surface area contributed by atoms with Crippen LogP contribution in [0.25, 0.3) is 6.08 Å². The van der Waals surface area contributed by atoms with Crippen LogP contribution in [0.5, 0.6) is 5.75 Å². The second-order valence-corrected chi connectivity index (χ2v) is 6.89. The Morgan fingerprint density at radius 2 is 1.85 bits per heavy atom. The predicted molar refractivity (Wildman–Crippen MR) is 105 cm³/mol. The third-order valence-corrected chi connectivity index (χ3v) is 4.93. The van der Waals surface area contributed by atoms with Crippen molar-refractivity contribution in [2.24, 2.45) is 0 Å². The van der Waals surface area contributed by atoms with Crippen LogP contribution in [0.1, 0.15) is 11.1 Å². The summed E-state index contributed by atoms with van der Waals surface area (Å²) in [5.74, 6) is -0.238. The maximum Gasteiger partial charge on any atom is 0.294 e. The molecule has 0 saturated carbocycles. The molecule has 7 heteroatoms. The lowest BCUT2D eigenvalue weighted by atomic mass is 10.1. The zero-order valence-corrected chi connectivity index (χ0v) is 15.7. The zero-order chi connectivity index (χ0) is 19.4. The van der Waals surface area contributed by atoms with E-state index in [1.165, 1.54) is 0 Å². The van der Waals surface area contributed by atoms with Gasteiger partial charge in [0.15, 0.2) is 0 Å². The molecule has 138 valence electrons. The van der Waals surface area contributed by atoms with Crippen LogP contribution in [0.2, 0.25) is 0 Å². The van der Waals surface area contributed by atoms with E-state index in [-0.39, 0.29) is 6.54 Å². The number of hydrogen-bond donors (Lipinski definition) is 1. The fourth-order valence-corrected chi connectivity index (χ4v) is 3.37. The molecule has 1 aliphatic heterocycles. The number of nitrogens with one attached hydrogen (secondary N) is 1. The highest BCUT2D eigenvalue weighted by Crippen LogP contribution is 2.32. The monoisotopic (exact) mass is 382 g/mol. The maximum absolute atomic E-state index is 12.5. The molecule has 1 aliphatic rings. The normalized spacial score (nSPS) is 15.3. The molecule has 1 saturated heterocycles. The van der Waals surface area contributed by atoms with Gasteiger partial charge in [-0.15, -0.1) is 0 Å². The van der Waals surface area contributed by atoms with Gasteiger partial charge in [0.1, 0.15) is 12.3 Å². The average Bonchev–Trinajstić information content (AvgIpc) is 2.91. The smallest absolute Gasteiger partial charge is 0.294 e. The number of imide groups is 1. The highest BCUT2D eigenvalue weighted by atomic mass is 32.2. The Labute approximate surface area is 161 Å². The Kier molecular flexibility index (Phi) is 5.61. The number of aryl methyl sites for hydroxylation is 1. The number of rotatable bonds is 5. The summed E-state index contributed by atoms with van der Waals surface area (Å²) in [5.41, 5.74) is 2.43. The number of carbonyl (C=O) groups is 3. The van der Waals surface area contributed by atoms with Gasteiger partial charge in [0, 0.05) is 5.69 Å². The highest BCUT2D eigenvalue weighted by molar-refractivity contribution is 8.18.